The quantitative estimate of drug-likeness (QED) is 0.485. The van der Waals surface area contributed by atoms with Crippen molar-refractivity contribution >= 4 is 21.9 Å². The molecule has 3 N–H and O–H groups in total. The molecule has 1 saturated heterocycles. The number of aromatic nitrogens is 4. The van der Waals surface area contributed by atoms with E-state index in [4.69, 9.17) is 4.74 Å². The predicted octanol–water partition coefficient (Wildman–Crippen LogP) is 1.57. The zero-order valence-corrected chi connectivity index (χ0v) is 15.7. The van der Waals surface area contributed by atoms with Crippen molar-refractivity contribution in [1.29, 1.82) is 0 Å². The molecule has 0 amide bonds. The van der Waals surface area contributed by atoms with Crippen molar-refractivity contribution in [1.82, 2.24) is 19.5 Å². The number of fused-ring (bicyclic) bond motifs is 2. The molecule has 4 heterocycles. The summed E-state index contributed by atoms with van der Waals surface area (Å²) in [5.74, 6) is 0. The lowest BCUT2D eigenvalue weighted by Crippen LogP contribution is -2.33. The van der Waals surface area contributed by atoms with Crippen molar-refractivity contribution in [2.24, 2.45) is 0 Å². The van der Waals surface area contributed by atoms with Crippen molar-refractivity contribution < 1.29 is 20.1 Å². The van der Waals surface area contributed by atoms with E-state index in [0.717, 1.165) is 33.1 Å². The normalized spacial score (nSPS) is 24.6. The average molecular weight is 392 g/mol. The monoisotopic (exact) mass is 392 g/mol. The smallest absolute Gasteiger partial charge is 0.164 e. The maximum absolute atomic E-state index is 10.5. The molecule has 0 aliphatic carbocycles. The number of hydrogen-bond acceptors (Lipinski definition) is 7. The summed E-state index contributed by atoms with van der Waals surface area (Å²) in [5, 5.41) is 32.0. The van der Waals surface area contributed by atoms with Crippen LogP contribution in [0, 0.1) is 6.92 Å². The van der Waals surface area contributed by atoms with Gasteiger partial charge < -0.3 is 24.6 Å². The van der Waals surface area contributed by atoms with Gasteiger partial charge in [0.2, 0.25) is 0 Å². The van der Waals surface area contributed by atoms with Crippen LogP contribution in [0.1, 0.15) is 11.9 Å². The SMILES string of the molecule is Cc1ncnc2c1c(-c1cccc3cccnc13)cn2[C@@H]1O[C@H](CO)[C@@H](O)[C@H]1O. The van der Waals surface area contributed by atoms with Crippen molar-refractivity contribution in [2.45, 2.75) is 31.5 Å². The zero-order valence-electron chi connectivity index (χ0n) is 15.7. The number of ether oxygens (including phenoxy) is 1. The van der Waals surface area contributed by atoms with Gasteiger partial charge in [-0.15, -0.1) is 0 Å². The molecule has 4 aromatic rings. The van der Waals surface area contributed by atoms with E-state index in [2.05, 4.69) is 15.0 Å². The summed E-state index contributed by atoms with van der Waals surface area (Å²) >= 11 is 0. The van der Waals surface area contributed by atoms with Crippen LogP contribution >= 0.6 is 0 Å². The third kappa shape index (κ3) is 2.72. The number of benzene rings is 1. The number of para-hydroxylation sites is 1. The van der Waals surface area contributed by atoms with Crippen LogP contribution in [0.15, 0.2) is 49.1 Å². The molecule has 0 spiro atoms. The minimum atomic E-state index is -1.20. The van der Waals surface area contributed by atoms with Crippen LogP contribution in [0.4, 0.5) is 0 Å². The largest absolute Gasteiger partial charge is 0.394 e. The predicted molar refractivity (Wildman–Crippen MR) is 106 cm³/mol. The number of rotatable bonds is 3. The lowest BCUT2D eigenvalue weighted by atomic mass is 10.0. The van der Waals surface area contributed by atoms with Gasteiger partial charge in [-0.3, -0.25) is 4.98 Å². The molecule has 5 rings (SSSR count). The third-order valence-electron chi connectivity index (χ3n) is 5.51. The second-order valence-corrected chi connectivity index (χ2v) is 7.22. The third-order valence-corrected chi connectivity index (χ3v) is 5.51. The molecule has 0 unspecified atom stereocenters. The van der Waals surface area contributed by atoms with Crippen molar-refractivity contribution in [2.75, 3.05) is 6.61 Å². The first kappa shape index (κ1) is 18.1. The minimum Gasteiger partial charge on any atom is -0.394 e. The molecule has 0 bridgehead atoms. The van der Waals surface area contributed by atoms with Gasteiger partial charge in [-0.25, -0.2) is 9.97 Å². The minimum absolute atomic E-state index is 0.387. The van der Waals surface area contributed by atoms with Gasteiger partial charge >= 0.3 is 0 Å². The molecule has 3 aromatic heterocycles. The van der Waals surface area contributed by atoms with Crippen molar-refractivity contribution in [3.05, 3.63) is 54.7 Å². The highest BCUT2D eigenvalue weighted by atomic mass is 16.6. The maximum atomic E-state index is 10.5. The molecule has 1 aromatic carbocycles. The highest BCUT2D eigenvalue weighted by Gasteiger charge is 2.44. The summed E-state index contributed by atoms with van der Waals surface area (Å²) in [6, 6.07) is 9.84. The molecule has 0 radical (unpaired) electrons. The Morgan fingerprint density at radius 1 is 1.03 bits per heavy atom. The Labute approximate surface area is 166 Å². The Morgan fingerprint density at radius 2 is 1.86 bits per heavy atom. The molecule has 4 atom stereocenters. The van der Waals surface area contributed by atoms with E-state index in [1.807, 2.05) is 43.5 Å². The van der Waals surface area contributed by atoms with Crippen LogP contribution in [0.2, 0.25) is 0 Å². The fourth-order valence-electron chi connectivity index (χ4n) is 4.07. The van der Waals surface area contributed by atoms with Gasteiger partial charge in [-0.1, -0.05) is 24.3 Å². The summed E-state index contributed by atoms with van der Waals surface area (Å²) in [7, 11) is 0. The van der Waals surface area contributed by atoms with Gasteiger partial charge in [0.25, 0.3) is 0 Å². The Hall–Kier alpha value is -2.91. The number of aliphatic hydroxyl groups excluding tert-OH is 3. The van der Waals surface area contributed by atoms with Crippen LogP contribution in [-0.2, 0) is 4.74 Å². The Morgan fingerprint density at radius 3 is 2.66 bits per heavy atom. The van der Waals surface area contributed by atoms with Crippen LogP contribution < -0.4 is 0 Å². The number of aliphatic hydroxyl groups is 3. The summed E-state index contributed by atoms with van der Waals surface area (Å²) < 4.78 is 7.44. The molecule has 8 heteroatoms. The second-order valence-electron chi connectivity index (χ2n) is 7.22. The molecule has 0 saturated carbocycles. The first-order valence-corrected chi connectivity index (χ1v) is 9.39. The fourth-order valence-corrected chi connectivity index (χ4v) is 4.07. The molecule has 29 heavy (non-hydrogen) atoms. The van der Waals surface area contributed by atoms with Gasteiger partial charge in [0.05, 0.1) is 17.8 Å². The molecule has 1 aliphatic heterocycles. The van der Waals surface area contributed by atoms with E-state index in [1.54, 1.807) is 10.8 Å². The first-order chi connectivity index (χ1) is 14.1. The molecule has 148 valence electrons. The van der Waals surface area contributed by atoms with Crippen LogP contribution in [0.3, 0.4) is 0 Å². The Balaban J connectivity index is 1.76. The second kappa shape index (κ2) is 6.85. The zero-order chi connectivity index (χ0) is 20.1. The lowest BCUT2D eigenvalue weighted by molar-refractivity contribution is -0.0508. The molecular formula is C21H20N4O4. The number of nitrogens with zero attached hydrogens (tertiary/aromatic N) is 4. The highest BCUT2D eigenvalue weighted by Crippen LogP contribution is 2.39. The van der Waals surface area contributed by atoms with E-state index in [-0.39, 0.29) is 6.61 Å². The van der Waals surface area contributed by atoms with Gasteiger partial charge in [-0.2, -0.15) is 0 Å². The Kier molecular flexibility index (Phi) is 4.29. The summed E-state index contributed by atoms with van der Waals surface area (Å²) in [6.07, 6.45) is 0.926. The molecule has 8 nitrogen and oxygen atoms in total. The van der Waals surface area contributed by atoms with Crippen LogP contribution in [0.25, 0.3) is 33.1 Å². The van der Waals surface area contributed by atoms with E-state index < -0.39 is 24.5 Å². The van der Waals surface area contributed by atoms with Crippen LogP contribution in [0.5, 0.6) is 0 Å². The average Bonchev–Trinajstić information content (AvgIpc) is 3.26. The number of hydrogen-bond donors (Lipinski definition) is 3. The van der Waals surface area contributed by atoms with Gasteiger partial charge in [-0.05, 0) is 13.0 Å². The van der Waals surface area contributed by atoms with E-state index in [0.29, 0.717) is 5.65 Å². The van der Waals surface area contributed by atoms with E-state index in [9.17, 15) is 15.3 Å². The number of aryl methyl sites for hydroxylation is 1. The maximum Gasteiger partial charge on any atom is 0.164 e. The Bertz CT molecular complexity index is 1200. The summed E-state index contributed by atoms with van der Waals surface area (Å²) in [4.78, 5) is 13.3. The van der Waals surface area contributed by atoms with Crippen molar-refractivity contribution in [3.63, 3.8) is 0 Å². The molecular weight excluding hydrogens is 372 g/mol. The van der Waals surface area contributed by atoms with E-state index >= 15 is 0 Å². The van der Waals surface area contributed by atoms with E-state index in [1.165, 1.54) is 6.33 Å². The molecule has 1 aliphatic rings. The van der Waals surface area contributed by atoms with Gasteiger partial charge in [0.1, 0.15) is 30.3 Å². The van der Waals surface area contributed by atoms with Gasteiger partial charge in [0.15, 0.2) is 6.23 Å². The highest BCUT2D eigenvalue weighted by molar-refractivity contribution is 6.03. The fraction of sp³-hybridized carbons (Fsp3) is 0.286. The number of pyridine rings is 1. The summed E-state index contributed by atoms with van der Waals surface area (Å²) in [5.41, 5.74) is 3.98. The van der Waals surface area contributed by atoms with Crippen molar-refractivity contribution in [3.8, 4) is 11.1 Å². The standard InChI is InChI=1S/C21H20N4O4/c1-11-16-14(13-6-2-4-12-5-3-7-22-17(12)13)8-25(20(16)24-10-23-11)21-19(28)18(27)15(9-26)29-21/h2-8,10,15,18-19,21,26-28H,9H2,1H3/t15-,18-,19-,21-/m1/s1. The lowest BCUT2D eigenvalue weighted by Gasteiger charge is -2.17. The topological polar surface area (TPSA) is 114 Å². The van der Waals surface area contributed by atoms with Gasteiger partial charge in [0, 0.05) is 34.3 Å². The van der Waals surface area contributed by atoms with Crippen LogP contribution in [-0.4, -0.2) is 59.8 Å². The first-order valence-electron chi connectivity index (χ1n) is 9.39. The molecule has 1 fully saturated rings. The summed E-state index contributed by atoms with van der Waals surface area (Å²) in [6.45, 7) is 1.51.